The molecule has 1 saturated heterocycles. The van der Waals surface area contributed by atoms with Crippen molar-refractivity contribution in [1.82, 2.24) is 10.2 Å². The van der Waals surface area contributed by atoms with Crippen molar-refractivity contribution in [3.05, 3.63) is 30.1 Å². The fraction of sp³-hybridized carbons (Fsp3) is 0.562. The molecule has 1 heterocycles. The highest BCUT2D eigenvalue weighted by Crippen LogP contribution is 2.13. The smallest absolute Gasteiger partial charge is 0.223 e. The monoisotopic (exact) mass is 294 g/mol. The third kappa shape index (κ3) is 4.43. The van der Waals surface area contributed by atoms with Crippen LogP contribution in [0.25, 0.3) is 0 Å². The molecule has 2 rings (SSSR count). The first-order valence-corrected chi connectivity index (χ1v) is 7.49. The van der Waals surface area contributed by atoms with Gasteiger partial charge in [0.05, 0.1) is 6.61 Å². The maximum Gasteiger partial charge on any atom is 0.223 e. The number of nitrogens with zero attached hydrogens (tertiary/aromatic N) is 1. The van der Waals surface area contributed by atoms with E-state index in [2.05, 4.69) is 19.2 Å². The van der Waals surface area contributed by atoms with E-state index in [1.54, 1.807) is 12.1 Å². The van der Waals surface area contributed by atoms with E-state index in [1.165, 1.54) is 12.1 Å². The van der Waals surface area contributed by atoms with E-state index in [9.17, 15) is 9.18 Å². The number of carbonyl (C=O) groups is 1. The average molecular weight is 294 g/mol. The van der Waals surface area contributed by atoms with Crippen LogP contribution in [0.5, 0.6) is 5.75 Å². The number of hydrogen-bond acceptors (Lipinski definition) is 3. The molecule has 1 aromatic carbocycles. The van der Waals surface area contributed by atoms with Gasteiger partial charge in [-0.15, -0.1) is 0 Å². The zero-order valence-electron chi connectivity index (χ0n) is 12.6. The van der Waals surface area contributed by atoms with E-state index < -0.39 is 0 Å². The first kappa shape index (κ1) is 15.8. The number of amides is 1. The largest absolute Gasteiger partial charge is 0.494 e. The van der Waals surface area contributed by atoms with E-state index in [1.807, 2.05) is 4.90 Å². The minimum Gasteiger partial charge on any atom is -0.494 e. The van der Waals surface area contributed by atoms with Gasteiger partial charge in [-0.25, -0.2) is 4.39 Å². The Labute approximate surface area is 125 Å². The minimum absolute atomic E-state index is 0.179. The molecule has 1 amide bonds. The van der Waals surface area contributed by atoms with Crippen LogP contribution in [0.4, 0.5) is 4.39 Å². The lowest BCUT2D eigenvalue weighted by atomic mass is 10.1. The van der Waals surface area contributed by atoms with Gasteiger partial charge in [0.15, 0.2) is 0 Å². The molecule has 0 spiro atoms. The number of ether oxygens (including phenoxy) is 1. The van der Waals surface area contributed by atoms with Crippen molar-refractivity contribution in [2.75, 3.05) is 19.7 Å². The summed E-state index contributed by atoms with van der Waals surface area (Å²) in [5.41, 5.74) is 0. The summed E-state index contributed by atoms with van der Waals surface area (Å²) in [5, 5.41) is 3.36. The zero-order chi connectivity index (χ0) is 15.2. The van der Waals surface area contributed by atoms with Crippen LogP contribution in [-0.4, -0.2) is 42.6 Å². The molecule has 1 aliphatic heterocycles. The van der Waals surface area contributed by atoms with Crippen molar-refractivity contribution in [2.45, 2.75) is 38.8 Å². The lowest BCUT2D eigenvalue weighted by Gasteiger charge is -2.38. The predicted molar refractivity (Wildman–Crippen MR) is 79.8 cm³/mol. The second kappa shape index (κ2) is 7.41. The van der Waals surface area contributed by atoms with Gasteiger partial charge in [0, 0.05) is 31.6 Å². The fourth-order valence-electron chi connectivity index (χ4n) is 2.50. The normalized spacial score (nSPS) is 22.1. The number of nitrogens with one attached hydrogen (secondary N) is 1. The van der Waals surface area contributed by atoms with Crippen molar-refractivity contribution in [1.29, 1.82) is 0 Å². The Morgan fingerprint density at radius 1 is 1.38 bits per heavy atom. The van der Waals surface area contributed by atoms with Crippen molar-refractivity contribution < 1.29 is 13.9 Å². The average Bonchev–Trinajstić information content (AvgIpc) is 2.48. The maximum atomic E-state index is 12.7. The second-order valence-corrected chi connectivity index (χ2v) is 5.48. The molecular formula is C16H23FN2O2. The summed E-state index contributed by atoms with van der Waals surface area (Å²) in [4.78, 5) is 14.1. The summed E-state index contributed by atoms with van der Waals surface area (Å²) < 4.78 is 18.2. The van der Waals surface area contributed by atoms with Crippen LogP contribution in [0.3, 0.4) is 0 Å². The second-order valence-electron chi connectivity index (χ2n) is 5.48. The molecule has 0 bridgehead atoms. The SMILES string of the molecule is CC1NCCN(C(=O)CCCOc2ccc(F)cc2)C1C. The lowest BCUT2D eigenvalue weighted by Crippen LogP contribution is -2.57. The van der Waals surface area contributed by atoms with E-state index >= 15 is 0 Å². The predicted octanol–water partition coefficient (Wildman–Crippen LogP) is 2.19. The van der Waals surface area contributed by atoms with Gasteiger partial charge in [0.2, 0.25) is 5.91 Å². The molecule has 116 valence electrons. The Balaban J connectivity index is 1.70. The summed E-state index contributed by atoms with van der Waals surface area (Å²) in [7, 11) is 0. The quantitative estimate of drug-likeness (QED) is 0.847. The first-order valence-electron chi connectivity index (χ1n) is 7.49. The number of piperazine rings is 1. The van der Waals surface area contributed by atoms with Gasteiger partial charge in [-0.2, -0.15) is 0 Å². The molecule has 1 fully saturated rings. The van der Waals surface area contributed by atoms with Crippen LogP contribution in [0.1, 0.15) is 26.7 Å². The summed E-state index contributed by atoms with van der Waals surface area (Å²) in [6, 6.07) is 6.48. The van der Waals surface area contributed by atoms with Crippen LogP contribution in [0.15, 0.2) is 24.3 Å². The van der Waals surface area contributed by atoms with E-state index in [0.29, 0.717) is 31.2 Å². The van der Waals surface area contributed by atoms with Gasteiger partial charge in [0.1, 0.15) is 11.6 Å². The molecule has 5 heteroatoms. The number of hydrogen-bond donors (Lipinski definition) is 1. The highest BCUT2D eigenvalue weighted by Gasteiger charge is 2.27. The van der Waals surface area contributed by atoms with E-state index in [4.69, 9.17) is 4.74 Å². The molecule has 2 unspecified atom stereocenters. The van der Waals surface area contributed by atoms with Gasteiger partial charge in [-0.1, -0.05) is 0 Å². The van der Waals surface area contributed by atoms with Crippen molar-refractivity contribution in [3.63, 3.8) is 0 Å². The lowest BCUT2D eigenvalue weighted by molar-refractivity contribution is -0.135. The van der Waals surface area contributed by atoms with E-state index in [-0.39, 0.29) is 17.8 Å². The molecule has 0 aromatic heterocycles. The Morgan fingerprint density at radius 2 is 2.10 bits per heavy atom. The highest BCUT2D eigenvalue weighted by atomic mass is 19.1. The third-order valence-electron chi connectivity index (χ3n) is 3.97. The molecular weight excluding hydrogens is 271 g/mol. The van der Waals surface area contributed by atoms with Crippen molar-refractivity contribution in [2.24, 2.45) is 0 Å². The molecule has 1 N–H and O–H groups in total. The molecule has 1 aliphatic rings. The highest BCUT2D eigenvalue weighted by molar-refractivity contribution is 5.76. The number of halogens is 1. The zero-order valence-corrected chi connectivity index (χ0v) is 12.6. The summed E-state index contributed by atoms with van der Waals surface area (Å²) >= 11 is 0. The number of rotatable bonds is 5. The van der Waals surface area contributed by atoms with Gasteiger partial charge in [0.25, 0.3) is 0 Å². The number of carbonyl (C=O) groups excluding carboxylic acids is 1. The van der Waals surface area contributed by atoms with Crippen LogP contribution >= 0.6 is 0 Å². The summed E-state index contributed by atoms with van der Waals surface area (Å²) in [6.07, 6.45) is 1.15. The fourth-order valence-corrected chi connectivity index (χ4v) is 2.50. The Hall–Kier alpha value is -1.62. The molecule has 2 atom stereocenters. The van der Waals surface area contributed by atoms with Crippen LogP contribution in [0, 0.1) is 5.82 Å². The van der Waals surface area contributed by atoms with Crippen LogP contribution in [0.2, 0.25) is 0 Å². The Morgan fingerprint density at radius 3 is 2.81 bits per heavy atom. The molecule has 21 heavy (non-hydrogen) atoms. The van der Waals surface area contributed by atoms with E-state index in [0.717, 1.165) is 13.1 Å². The topological polar surface area (TPSA) is 41.6 Å². The third-order valence-corrected chi connectivity index (χ3v) is 3.97. The van der Waals surface area contributed by atoms with Crippen molar-refractivity contribution >= 4 is 5.91 Å². The van der Waals surface area contributed by atoms with Crippen LogP contribution < -0.4 is 10.1 Å². The standard InChI is InChI=1S/C16H23FN2O2/c1-12-13(2)19(10-9-18-12)16(20)4-3-11-21-15-7-5-14(17)6-8-15/h5-8,12-13,18H,3-4,9-11H2,1-2H3. The maximum absolute atomic E-state index is 12.7. The first-order chi connectivity index (χ1) is 10.1. The van der Waals surface area contributed by atoms with Gasteiger partial charge in [-0.05, 0) is 44.5 Å². The Kier molecular flexibility index (Phi) is 5.56. The van der Waals surface area contributed by atoms with Crippen molar-refractivity contribution in [3.8, 4) is 5.75 Å². The van der Waals surface area contributed by atoms with Crippen LogP contribution in [-0.2, 0) is 4.79 Å². The molecule has 1 aromatic rings. The van der Waals surface area contributed by atoms with Gasteiger partial charge in [-0.3, -0.25) is 4.79 Å². The molecule has 0 radical (unpaired) electrons. The molecule has 0 aliphatic carbocycles. The van der Waals surface area contributed by atoms with Gasteiger partial charge >= 0.3 is 0 Å². The molecule has 0 saturated carbocycles. The minimum atomic E-state index is -0.278. The summed E-state index contributed by atoms with van der Waals surface area (Å²) in [5.74, 6) is 0.533. The summed E-state index contributed by atoms with van der Waals surface area (Å²) in [6.45, 7) is 6.26. The number of benzene rings is 1. The molecule has 4 nitrogen and oxygen atoms in total. The van der Waals surface area contributed by atoms with Gasteiger partial charge < -0.3 is 15.0 Å². The Bertz CT molecular complexity index is 464.